The van der Waals surface area contributed by atoms with Crippen LogP contribution in [0.1, 0.15) is 11.1 Å². The number of carbonyl (C=O) groups excluding carboxylic acids is 1. The molecular weight excluding hydrogens is 460 g/mol. The van der Waals surface area contributed by atoms with Gasteiger partial charge in [-0.3, -0.25) is 9.55 Å². The van der Waals surface area contributed by atoms with Crippen molar-refractivity contribution in [2.45, 2.75) is 6.61 Å². The summed E-state index contributed by atoms with van der Waals surface area (Å²) in [5, 5.41) is 9.74. The number of hydrogen-bond acceptors (Lipinski definition) is 7. The third kappa shape index (κ3) is 3.80. The van der Waals surface area contributed by atoms with E-state index >= 15 is 0 Å². The number of rotatable bonds is 5. The minimum absolute atomic E-state index is 0.267. The lowest BCUT2D eigenvalue weighted by Crippen LogP contribution is -2.28. The van der Waals surface area contributed by atoms with Crippen LogP contribution in [0.15, 0.2) is 77.7 Å². The van der Waals surface area contributed by atoms with E-state index in [1.807, 2.05) is 30.3 Å². The van der Waals surface area contributed by atoms with Crippen molar-refractivity contribution in [3.05, 3.63) is 94.5 Å². The number of aromatic nitrogens is 3. The topological polar surface area (TPSA) is 108 Å². The molecule has 0 atom stereocenters. The maximum atomic E-state index is 13.5. The van der Waals surface area contributed by atoms with Crippen molar-refractivity contribution in [3.63, 3.8) is 0 Å². The minimum Gasteiger partial charge on any atom is -0.493 e. The van der Waals surface area contributed by atoms with E-state index in [-0.39, 0.29) is 5.52 Å². The van der Waals surface area contributed by atoms with Gasteiger partial charge in [0, 0.05) is 11.5 Å². The number of methoxy groups -OCH3 is 2. The van der Waals surface area contributed by atoms with Gasteiger partial charge in [0.2, 0.25) is 0 Å². The Bertz CT molecular complexity index is 1700. The maximum Gasteiger partial charge on any atom is 0.422 e. The summed E-state index contributed by atoms with van der Waals surface area (Å²) in [5.41, 5.74) is 2.50. The highest BCUT2D eigenvalue weighted by molar-refractivity contribution is 6.06. The molecule has 0 fully saturated rings. The summed E-state index contributed by atoms with van der Waals surface area (Å²) < 4.78 is 18.8. The molecule has 178 valence electrons. The van der Waals surface area contributed by atoms with Gasteiger partial charge in [0.1, 0.15) is 12.1 Å². The van der Waals surface area contributed by atoms with Crippen LogP contribution >= 0.6 is 0 Å². The third-order valence-electron chi connectivity index (χ3n) is 5.80. The minimum atomic E-state index is -0.840. The number of pyridine rings is 1. The number of hydrogen-bond donors (Lipinski definition) is 0. The van der Waals surface area contributed by atoms with E-state index in [0.717, 1.165) is 10.1 Å². The van der Waals surface area contributed by atoms with Crippen LogP contribution in [0.5, 0.6) is 11.5 Å². The van der Waals surface area contributed by atoms with Gasteiger partial charge in [0.05, 0.1) is 48.8 Å². The second kappa shape index (κ2) is 9.27. The zero-order chi connectivity index (χ0) is 25.2. The molecule has 0 saturated heterocycles. The Morgan fingerprint density at radius 3 is 2.44 bits per heavy atom. The molecule has 0 aliphatic rings. The summed E-state index contributed by atoms with van der Waals surface area (Å²) in [7, 11) is 2.74. The van der Waals surface area contributed by atoms with E-state index in [9.17, 15) is 14.9 Å². The van der Waals surface area contributed by atoms with Gasteiger partial charge in [-0.1, -0.05) is 30.3 Å². The lowest BCUT2D eigenvalue weighted by molar-refractivity contribution is 0.173. The lowest BCUT2D eigenvalue weighted by atomic mass is 10.1. The SMILES string of the molecule is COC(=O)n1c(=O)n(-c2ccc(C#N)cc2)c2c3cc(OCc4ccccc4)c(OC)cc3ncc21. The first-order valence-electron chi connectivity index (χ1n) is 11.0. The monoisotopic (exact) mass is 480 g/mol. The van der Waals surface area contributed by atoms with E-state index in [2.05, 4.69) is 11.1 Å². The summed E-state index contributed by atoms with van der Waals surface area (Å²) >= 11 is 0. The smallest absolute Gasteiger partial charge is 0.422 e. The quantitative estimate of drug-likeness (QED) is 0.366. The molecule has 0 aliphatic heterocycles. The van der Waals surface area contributed by atoms with Crippen LogP contribution < -0.4 is 15.2 Å². The lowest BCUT2D eigenvalue weighted by Gasteiger charge is -2.13. The molecule has 9 heteroatoms. The summed E-state index contributed by atoms with van der Waals surface area (Å²) in [4.78, 5) is 30.5. The molecule has 0 amide bonds. The molecule has 2 heterocycles. The number of benzene rings is 3. The highest BCUT2D eigenvalue weighted by atomic mass is 16.5. The third-order valence-corrected chi connectivity index (χ3v) is 5.80. The van der Waals surface area contributed by atoms with Crippen molar-refractivity contribution in [2.24, 2.45) is 0 Å². The predicted molar refractivity (Wildman–Crippen MR) is 133 cm³/mol. The fraction of sp³-hybridized carbons (Fsp3) is 0.111. The first-order chi connectivity index (χ1) is 17.5. The Kier molecular flexibility index (Phi) is 5.84. The normalized spacial score (nSPS) is 10.8. The second-order valence-electron chi connectivity index (χ2n) is 7.87. The number of fused-ring (bicyclic) bond motifs is 3. The van der Waals surface area contributed by atoms with Crippen molar-refractivity contribution in [3.8, 4) is 23.3 Å². The largest absolute Gasteiger partial charge is 0.493 e. The molecule has 0 radical (unpaired) electrons. The fourth-order valence-electron chi connectivity index (χ4n) is 4.07. The number of nitrogens with zero attached hydrogens (tertiary/aromatic N) is 4. The van der Waals surface area contributed by atoms with Gasteiger partial charge in [-0.2, -0.15) is 9.83 Å². The summed E-state index contributed by atoms with van der Waals surface area (Å²) in [6.07, 6.45) is 0.604. The van der Waals surface area contributed by atoms with Crippen molar-refractivity contribution < 1.29 is 19.0 Å². The van der Waals surface area contributed by atoms with Crippen LogP contribution in [0.4, 0.5) is 4.79 Å². The molecule has 0 unspecified atom stereocenters. The molecule has 9 nitrogen and oxygen atoms in total. The van der Waals surface area contributed by atoms with Crippen LogP contribution in [0, 0.1) is 11.3 Å². The molecule has 0 N–H and O–H groups in total. The van der Waals surface area contributed by atoms with E-state index in [1.54, 1.807) is 36.4 Å². The van der Waals surface area contributed by atoms with Gasteiger partial charge in [-0.15, -0.1) is 0 Å². The zero-order valence-corrected chi connectivity index (χ0v) is 19.5. The predicted octanol–water partition coefficient (Wildman–Crippen LogP) is 4.41. The number of ether oxygens (including phenoxy) is 3. The molecule has 5 rings (SSSR count). The molecule has 0 aliphatic carbocycles. The summed E-state index contributed by atoms with van der Waals surface area (Å²) in [5.74, 6) is 0.928. The number of imidazole rings is 1. The van der Waals surface area contributed by atoms with Crippen molar-refractivity contribution in [1.82, 2.24) is 14.1 Å². The van der Waals surface area contributed by atoms with Gasteiger partial charge in [-0.05, 0) is 35.9 Å². The van der Waals surface area contributed by atoms with Gasteiger partial charge in [0.15, 0.2) is 11.5 Å². The van der Waals surface area contributed by atoms with E-state index < -0.39 is 11.8 Å². The second-order valence-corrected chi connectivity index (χ2v) is 7.87. The van der Waals surface area contributed by atoms with E-state index in [4.69, 9.17) is 14.2 Å². The average Bonchev–Trinajstić information content (AvgIpc) is 3.23. The molecular formula is C27H20N4O5. The van der Waals surface area contributed by atoms with Crippen molar-refractivity contribution in [2.75, 3.05) is 14.2 Å². The number of nitriles is 1. The highest BCUT2D eigenvalue weighted by Gasteiger charge is 2.23. The van der Waals surface area contributed by atoms with Gasteiger partial charge in [0.25, 0.3) is 0 Å². The average molecular weight is 480 g/mol. The van der Waals surface area contributed by atoms with Crippen LogP contribution in [0.25, 0.3) is 27.6 Å². The summed E-state index contributed by atoms with van der Waals surface area (Å²) in [6, 6.07) is 21.7. The Labute approximate surface area is 205 Å². The van der Waals surface area contributed by atoms with E-state index in [1.165, 1.54) is 25.0 Å². The fourth-order valence-corrected chi connectivity index (χ4v) is 4.07. The van der Waals surface area contributed by atoms with Gasteiger partial charge >= 0.3 is 11.8 Å². The standard InChI is InChI=1S/C27H20N4O5/c1-34-23-13-21-20(12-24(23)36-16-18-6-4-3-5-7-18)25-22(15-29-21)31(27(33)35-2)26(32)30(25)19-10-8-17(14-28)9-11-19/h3-13,15H,16H2,1-2H3. The zero-order valence-electron chi connectivity index (χ0n) is 19.5. The molecule has 0 spiro atoms. The Hall–Kier alpha value is -5.10. The van der Waals surface area contributed by atoms with Gasteiger partial charge in [-0.25, -0.2) is 9.59 Å². The van der Waals surface area contributed by atoms with Crippen LogP contribution in [0.2, 0.25) is 0 Å². The van der Waals surface area contributed by atoms with Crippen molar-refractivity contribution >= 4 is 28.0 Å². The Morgan fingerprint density at radius 2 is 1.78 bits per heavy atom. The Morgan fingerprint density at radius 1 is 1.03 bits per heavy atom. The molecule has 0 bridgehead atoms. The van der Waals surface area contributed by atoms with Crippen molar-refractivity contribution in [1.29, 1.82) is 5.26 Å². The molecule has 2 aromatic heterocycles. The molecule has 0 saturated carbocycles. The van der Waals surface area contributed by atoms with Crippen LogP contribution in [-0.4, -0.2) is 34.4 Å². The highest BCUT2D eigenvalue weighted by Crippen LogP contribution is 2.36. The van der Waals surface area contributed by atoms with Gasteiger partial charge < -0.3 is 14.2 Å². The molecule has 3 aromatic carbocycles. The molecule has 36 heavy (non-hydrogen) atoms. The van der Waals surface area contributed by atoms with Crippen LogP contribution in [0.3, 0.4) is 0 Å². The molecule has 5 aromatic rings. The maximum absolute atomic E-state index is 13.5. The van der Waals surface area contributed by atoms with Crippen LogP contribution in [-0.2, 0) is 11.3 Å². The summed E-state index contributed by atoms with van der Waals surface area (Å²) in [6.45, 7) is 0.303. The van der Waals surface area contributed by atoms with E-state index in [0.29, 0.717) is 45.8 Å². The number of carbonyl (C=O) groups is 1. The first-order valence-corrected chi connectivity index (χ1v) is 11.0. The Balaban J connectivity index is 1.78. The first kappa shape index (κ1) is 22.7.